The van der Waals surface area contributed by atoms with Crippen LogP contribution in [0.25, 0.3) is 0 Å². The summed E-state index contributed by atoms with van der Waals surface area (Å²) in [6.45, 7) is 2.09. The molecule has 3 rings (SSSR count). The Morgan fingerprint density at radius 1 is 1.10 bits per heavy atom. The van der Waals surface area contributed by atoms with E-state index < -0.39 is 0 Å². The van der Waals surface area contributed by atoms with Gasteiger partial charge in [-0.25, -0.2) is 0 Å². The van der Waals surface area contributed by atoms with Crippen LogP contribution in [0, 0.1) is 6.92 Å². The van der Waals surface area contributed by atoms with Gasteiger partial charge in [-0.2, -0.15) is 0 Å². The van der Waals surface area contributed by atoms with Gasteiger partial charge in [0.05, 0.1) is 12.8 Å². The van der Waals surface area contributed by atoms with Gasteiger partial charge in [-0.3, -0.25) is 0 Å². The van der Waals surface area contributed by atoms with Gasteiger partial charge in [0.25, 0.3) is 0 Å². The molecule has 0 aliphatic heterocycles. The van der Waals surface area contributed by atoms with Crippen molar-refractivity contribution >= 4 is 5.69 Å². The van der Waals surface area contributed by atoms with E-state index in [4.69, 9.17) is 4.74 Å². The highest BCUT2D eigenvalue weighted by molar-refractivity contribution is 5.58. The number of fused-ring (bicyclic) bond motifs is 1. The molecule has 0 fully saturated rings. The van der Waals surface area contributed by atoms with Gasteiger partial charge in [-0.1, -0.05) is 30.3 Å². The van der Waals surface area contributed by atoms with Crippen molar-refractivity contribution in [2.45, 2.75) is 32.2 Å². The Bertz CT molecular complexity index is 606. The molecular weight excluding hydrogens is 246 g/mol. The molecule has 0 saturated heterocycles. The molecule has 0 saturated carbocycles. The van der Waals surface area contributed by atoms with Gasteiger partial charge in [-0.15, -0.1) is 0 Å². The van der Waals surface area contributed by atoms with Crippen LogP contribution in [0.2, 0.25) is 0 Å². The second-order valence-electron chi connectivity index (χ2n) is 5.56. The van der Waals surface area contributed by atoms with Crippen LogP contribution in [0.3, 0.4) is 0 Å². The van der Waals surface area contributed by atoms with Gasteiger partial charge >= 0.3 is 0 Å². The Hall–Kier alpha value is -1.96. The van der Waals surface area contributed by atoms with Crippen molar-refractivity contribution in [3.63, 3.8) is 0 Å². The maximum absolute atomic E-state index is 5.47. The molecule has 1 atom stereocenters. The lowest BCUT2D eigenvalue weighted by Gasteiger charge is -2.27. The smallest absolute Gasteiger partial charge is 0.142 e. The minimum atomic E-state index is 0.488. The third-order valence-electron chi connectivity index (χ3n) is 4.06. The summed E-state index contributed by atoms with van der Waals surface area (Å²) >= 11 is 0. The van der Waals surface area contributed by atoms with Crippen LogP contribution >= 0.6 is 0 Å². The monoisotopic (exact) mass is 267 g/mol. The summed E-state index contributed by atoms with van der Waals surface area (Å²) < 4.78 is 5.47. The van der Waals surface area contributed by atoms with Crippen LogP contribution in [0.4, 0.5) is 5.69 Å². The molecule has 1 N–H and O–H groups in total. The first-order chi connectivity index (χ1) is 9.76. The number of aryl methyl sites for hydroxylation is 2. The number of hydrogen-bond donors (Lipinski definition) is 1. The van der Waals surface area contributed by atoms with E-state index in [1.807, 2.05) is 0 Å². The van der Waals surface area contributed by atoms with E-state index in [1.165, 1.54) is 23.1 Å². The van der Waals surface area contributed by atoms with Gasteiger partial charge in [0, 0.05) is 6.04 Å². The molecule has 0 amide bonds. The predicted octanol–water partition coefficient (Wildman–Crippen LogP) is 3.97. The normalized spacial score (nSPS) is 17.4. The van der Waals surface area contributed by atoms with Crippen LogP contribution in [0.15, 0.2) is 42.5 Å². The number of ether oxygens (including phenoxy) is 1. The van der Waals surface area contributed by atoms with Crippen molar-refractivity contribution in [2.75, 3.05) is 12.4 Å². The molecular formula is C18H21NO. The standard InChI is InChI=1S/C18H21NO/c1-13-7-10-17(18(11-13)20-2)19-16-9-8-14-5-3-4-6-15(14)12-16/h3-7,10-11,16,19H,8-9,12H2,1-2H3. The zero-order valence-corrected chi connectivity index (χ0v) is 12.1. The van der Waals surface area contributed by atoms with Crippen molar-refractivity contribution < 1.29 is 4.74 Å². The molecule has 1 aliphatic rings. The molecule has 1 aliphatic carbocycles. The SMILES string of the molecule is COc1cc(C)ccc1NC1CCc2ccccc2C1. The Morgan fingerprint density at radius 2 is 1.90 bits per heavy atom. The van der Waals surface area contributed by atoms with Gasteiger partial charge in [0.15, 0.2) is 0 Å². The molecule has 1 unspecified atom stereocenters. The maximum Gasteiger partial charge on any atom is 0.142 e. The highest BCUT2D eigenvalue weighted by Crippen LogP contribution is 2.29. The molecule has 0 heterocycles. The van der Waals surface area contributed by atoms with E-state index in [2.05, 4.69) is 54.7 Å². The first kappa shape index (κ1) is 13.0. The summed E-state index contributed by atoms with van der Waals surface area (Å²) in [6.07, 6.45) is 3.42. The van der Waals surface area contributed by atoms with Crippen molar-refractivity contribution in [3.05, 3.63) is 59.2 Å². The van der Waals surface area contributed by atoms with Gasteiger partial charge in [0.2, 0.25) is 0 Å². The number of nitrogens with one attached hydrogen (secondary N) is 1. The number of rotatable bonds is 3. The third-order valence-corrected chi connectivity index (χ3v) is 4.06. The van der Waals surface area contributed by atoms with Crippen molar-refractivity contribution in [1.29, 1.82) is 0 Å². The van der Waals surface area contributed by atoms with Gasteiger partial charge < -0.3 is 10.1 Å². The van der Waals surface area contributed by atoms with E-state index in [0.29, 0.717) is 6.04 Å². The van der Waals surface area contributed by atoms with Crippen LogP contribution < -0.4 is 10.1 Å². The highest BCUT2D eigenvalue weighted by atomic mass is 16.5. The van der Waals surface area contributed by atoms with Crippen molar-refractivity contribution in [3.8, 4) is 5.75 Å². The molecule has 2 aromatic carbocycles. The van der Waals surface area contributed by atoms with E-state index in [0.717, 1.165) is 24.3 Å². The lowest BCUT2D eigenvalue weighted by Crippen LogP contribution is -2.27. The molecule has 2 heteroatoms. The molecule has 0 radical (unpaired) electrons. The molecule has 104 valence electrons. The molecule has 2 nitrogen and oxygen atoms in total. The number of methoxy groups -OCH3 is 1. The summed E-state index contributed by atoms with van der Waals surface area (Å²) in [7, 11) is 1.73. The molecule has 20 heavy (non-hydrogen) atoms. The Morgan fingerprint density at radius 3 is 2.70 bits per heavy atom. The van der Waals surface area contributed by atoms with Crippen LogP contribution in [0.1, 0.15) is 23.1 Å². The summed E-state index contributed by atoms with van der Waals surface area (Å²) in [4.78, 5) is 0. The average molecular weight is 267 g/mol. The van der Waals surface area contributed by atoms with E-state index in [1.54, 1.807) is 7.11 Å². The first-order valence-electron chi connectivity index (χ1n) is 7.24. The summed E-state index contributed by atoms with van der Waals surface area (Å²) in [5.74, 6) is 0.934. The fourth-order valence-corrected chi connectivity index (χ4v) is 2.96. The zero-order valence-electron chi connectivity index (χ0n) is 12.1. The highest BCUT2D eigenvalue weighted by Gasteiger charge is 2.18. The largest absolute Gasteiger partial charge is 0.495 e. The van der Waals surface area contributed by atoms with Crippen LogP contribution in [0.5, 0.6) is 5.75 Å². The second-order valence-corrected chi connectivity index (χ2v) is 5.56. The minimum Gasteiger partial charge on any atom is -0.495 e. The molecule has 0 aromatic heterocycles. The molecule has 0 spiro atoms. The van der Waals surface area contributed by atoms with Crippen molar-refractivity contribution in [2.24, 2.45) is 0 Å². The van der Waals surface area contributed by atoms with Gasteiger partial charge in [0.1, 0.15) is 5.75 Å². The molecule has 2 aromatic rings. The van der Waals surface area contributed by atoms with E-state index >= 15 is 0 Å². The fraction of sp³-hybridized carbons (Fsp3) is 0.333. The van der Waals surface area contributed by atoms with Crippen molar-refractivity contribution in [1.82, 2.24) is 0 Å². The van der Waals surface area contributed by atoms with Gasteiger partial charge in [-0.05, 0) is 55.0 Å². The minimum absolute atomic E-state index is 0.488. The number of benzene rings is 2. The lowest BCUT2D eigenvalue weighted by molar-refractivity contribution is 0.415. The average Bonchev–Trinajstić information content (AvgIpc) is 2.49. The topological polar surface area (TPSA) is 21.3 Å². The summed E-state index contributed by atoms with van der Waals surface area (Å²) in [5, 5.41) is 3.64. The third kappa shape index (κ3) is 2.64. The maximum atomic E-state index is 5.47. The second kappa shape index (κ2) is 5.58. The van der Waals surface area contributed by atoms with Crippen LogP contribution in [-0.2, 0) is 12.8 Å². The number of hydrogen-bond acceptors (Lipinski definition) is 2. The molecule has 0 bridgehead atoms. The summed E-state index contributed by atoms with van der Waals surface area (Å²) in [6, 6.07) is 15.6. The Labute approximate surface area is 120 Å². The summed E-state index contributed by atoms with van der Waals surface area (Å²) in [5.41, 5.74) is 5.30. The van der Waals surface area contributed by atoms with E-state index in [-0.39, 0.29) is 0 Å². The zero-order chi connectivity index (χ0) is 13.9. The quantitative estimate of drug-likeness (QED) is 0.908. The number of anilines is 1. The lowest BCUT2D eigenvalue weighted by atomic mass is 9.88. The predicted molar refractivity (Wildman–Crippen MR) is 83.6 cm³/mol. The Kier molecular flexibility index (Phi) is 3.64. The first-order valence-corrected chi connectivity index (χ1v) is 7.24. The van der Waals surface area contributed by atoms with E-state index in [9.17, 15) is 0 Å². The van der Waals surface area contributed by atoms with Crippen LogP contribution in [-0.4, -0.2) is 13.2 Å². The fourth-order valence-electron chi connectivity index (χ4n) is 2.96. The Balaban J connectivity index is 1.77.